The average Bonchev–Trinajstić information content (AvgIpc) is 2.39. The van der Waals surface area contributed by atoms with Gasteiger partial charge in [0.05, 0.1) is 6.07 Å². The number of amides is 1. The number of hydrogen-bond acceptors (Lipinski definition) is 3. The number of hydrogen-bond donors (Lipinski definition) is 0. The SMILES string of the molecule is CC1CN(C(=O)C(C#N)c2ccccc2)CC(C)S1. The minimum absolute atomic E-state index is 0.0623. The van der Waals surface area contributed by atoms with Crippen molar-refractivity contribution in [3.05, 3.63) is 35.9 Å². The maximum atomic E-state index is 12.5. The standard InChI is InChI=1S/C15H18N2OS/c1-11-9-17(10-12(2)19-11)15(18)14(8-16)13-6-4-3-5-7-13/h3-7,11-12,14H,9-10H2,1-2H3. The first-order valence-corrected chi connectivity index (χ1v) is 7.45. The van der Waals surface area contributed by atoms with Crippen molar-refractivity contribution in [3.8, 4) is 6.07 Å². The summed E-state index contributed by atoms with van der Waals surface area (Å²) >= 11 is 1.90. The normalized spacial score (nSPS) is 24.6. The van der Waals surface area contributed by atoms with Crippen LogP contribution in [0.25, 0.3) is 0 Å². The molecule has 100 valence electrons. The molecular formula is C15H18N2OS. The molecule has 3 atom stereocenters. The molecule has 1 fully saturated rings. The summed E-state index contributed by atoms with van der Waals surface area (Å²) in [5.41, 5.74) is 0.786. The van der Waals surface area contributed by atoms with Crippen LogP contribution in [0.3, 0.4) is 0 Å². The number of benzene rings is 1. The van der Waals surface area contributed by atoms with E-state index in [4.69, 9.17) is 0 Å². The molecule has 0 aliphatic carbocycles. The second kappa shape index (κ2) is 6.12. The summed E-state index contributed by atoms with van der Waals surface area (Å²) in [6.45, 7) is 5.73. The maximum Gasteiger partial charge on any atom is 0.244 e. The molecule has 1 aromatic carbocycles. The number of thioether (sulfide) groups is 1. The third-order valence-electron chi connectivity index (χ3n) is 3.24. The predicted molar refractivity (Wildman–Crippen MR) is 77.9 cm³/mol. The highest BCUT2D eigenvalue weighted by Gasteiger charge is 2.31. The van der Waals surface area contributed by atoms with Gasteiger partial charge in [0.1, 0.15) is 5.92 Å². The van der Waals surface area contributed by atoms with Gasteiger partial charge < -0.3 is 4.90 Å². The molecule has 4 heteroatoms. The lowest BCUT2D eigenvalue weighted by Crippen LogP contribution is -2.45. The van der Waals surface area contributed by atoms with Gasteiger partial charge in [-0.05, 0) is 5.56 Å². The van der Waals surface area contributed by atoms with E-state index in [-0.39, 0.29) is 5.91 Å². The molecule has 1 aliphatic rings. The van der Waals surface area contributed by atoms with Gasteiger partial charge >= 0.3 is 0 Å². The number of nitriles is 1. The Morgan fingerprint density at radius 3 is 2.42 bits per heavy atom. The number of nitrogens with zero attached hydrogens (tertiary/aromatic N) is 2. The average molecular weight is 274 g/mol. The van der Waals surface area contributed by atoms with E-state index in [9.17, 15) is 10.1 Å². The van der Waals surface area contributed by atoms with Crippen molar-refractivity contribution < 1.29 is 4.79 Å². The maximum absolute atomic E-state index is 12.5. The molecular weight excluding hydrogens is 256 g/mol. The van der Waals surface area contributed by atoms with E-state index >= 15 is 0 Å². The molecule has 0 spiro atoms. The van der Waals surface area contributed by atoms with Crippen molar-refractivity contribution in [2.75, 3.05) is 13.1 Å². The highest BCUT2D eigenvalue weighted by Crippen LogP contribution is 2.27. The quantitative estimate of drug-likeness (QED) is 0.832. The third kappa shape index (κ3) is 3.30. The molecule has 1 heterocycles. The van der Waals surface area contributed by atoms with E-state index in [0.29, 0.717) is 10.5 Å². The first-order chi connectivity index (χ1) is 9.11. The largest absolute Gasteiger partial charge is 0.339 e. The molecule has 3 unspecified atom stereocenters. The van der Waals surface area contributed by atoms with Crippen LogP contribution in [0.1, 0.15) is 25.3 Å². The molecule has 0 radical (unpaired) electrons. The predicted octanol–water partition coefficient (Wildman–Crippen LogP) is 2.65. The highest BCUT2D eigenvalue weighted by atomic mass is 32.2. The zero-order valence-corrected chi connectivity index (χ0v) is 12.1. The van der Waals surface area contributed by atoms with Crippen LogP contribution >= 0.6 is 11.8 Å². The van der Waals surface area contributed by atoms with Crippen molar-refractivity contribution in [3.63, 3.8) is 0 Å². The minimum Gasteiger partial charge on any atom is -0.339 e. The third-order valence-corrected chi connectivity index (χ3v) is 4.47. The van der Waals surface area contributed by atoms with E-state index in [1.54, 1.807) is 0 Å². The molecule has 0 N–H and O–H groups in total. The molecule has 1 saturated heterocycles. The second-order valence-electron chi connectivity index (χ2n) is 4.97. The van der Waals surface area contributed by atoms with Crippen molar-refractivity contribution in [1.29, 1.82) is 5.26 Å². The summed E-state index contributed by atoms with van der Waals surface area (Å²) in [6, 6.07) is 11.5. The van der Waals surface area contributed by atoms with Gasteiger partial charge in [-0.2, -0.15) is 17.0 Å². The Bertz CT molecular complexity index is 473. The van der Waals surface area contributed by atoms with Crippen LogP contribution in [0.2, 0.25) is 0 Å². The fraction of sp³-hybridized carbons (Fsp3) is 0.467. The van der Waals surface area contributed by atoms with E-state index in [0.717, 1.165) is 18.7 Å². The molecule has 1 amide bonds. The Hall–Kier alpha value is -1.47. The fourth-order valence-electron chi connectivity index (χ4n) is 2.46. The number of rotatable bonds is 2. The van der Waals surface area contributed by atoms with Gasteiger partial charge in [-0.3, -0.25) is 4.79 Å². The summed E-state index contributed by atoms with van der Waals surface area (Å²) in [4.78, 5) is 14.4. The van der Waals surface area contributed by atoms with Crippen LogP contribution in [-0.4, -0.2) is 34.4 Å². The molecule has 0 aromatic heterocycles. The van der Waals surface area contributed by atoms with Gasteiger partial charge in [0, 0.05) is 23.6 Å². The van der Waals surface area contributed by atoms with Crippen LogP contribution in [0.4, 0.5) is 0 Å². The smallest absolute Gasteiger partial charge is 0.244 e. The monoisotopic (exact) mass is 274 g/mol. The lowest BCUT2D eigenvalue weighted by atomic mass is 9.99. The lowest BCUT2D eigenvalue weighted by molar-refractivity contribution is -0.131. The Kier molecular flexibility index (Phi) is 4.49. The zero-order valence-electron chi connectivity index (χ0n) is 11.2. The first-order valence-electron chi connectivity index (χ1n) is 6.50. The summed E-state index contributed by atoms with van der Waals surface area (Å²) in [5.74, 6) is -0.739. The molecule has 0 saturated carbocycles. The highest BCUT2D eigenvalue weighted by molar-refractivity contribution is 8.00. The Balaban J connectivity index is 2.16. The van der Waals surface area contributed by atoms with Crippen molar-refractivity contribution in [2.45, 2.75) is 30.3 Å². The summed E-state index contributed by atoms with van der Waals surface area (Å²) < 4.78 is 0. The number of carbonyl (C=O) groups is 1. The Morgan fingerprint density at radius 2 is 1.89 bits per heavy atom. The van der Waals surface area contributed by atoms with Gasteiger partial charge in [0.25, 0.3) is 0 Å². The van der Waals surface area contributed by atoms with Gasteiger partial charge in [0.2, 0.25) is 5.91 Å². The molecule has 1 aromatic rings. The van der Waals surface area contributed by atoms with Gasteiger partial charge in [-0.1, -0.05) is 44.2 Å². The van der Waals surface area contributed by atoms with Crippen molar-refractivity contribution in [1.82, 2.24) is 4.90 Å². The van der Waals surface area contributed by atoms with E-state index in [1.165, 1.54) is 0 Å². The molecule has 19 heavy (non-hydrogen) atoms. The summed E-state index contributed by atoms with van der Waals surface area (Å²) in [7, 11) is 0. The molecule has 1 aliphatic heterocycles. The number of carbonyl (C=O) groups excluding carboxylic acids is 1. The Labute approximate surface area is 118 Å². The topological polar surface area (TPSA) is 44.1 Å². The van der Waals surface area contributed by atoms with Crippen LogP contribution in [0, 0.1) is 11.3 Å². The lowest BCUT2D eigenvalue weighted by Gasteiger charge is -2.35. The molecule has 2 rings (SSSR count). The van der Waals surface area contributed by atoms with Crippen LogP contribution in [0.15, 0.2) is 30.3 Å². The Morgan fingerprint density at radius 1 is 1.32 bits per heavy atom. The first kappa shape index (κ1) is 14.0. The van der Waals surface area contributed by atoms with Gasteiger partial charge in [-0.15, -0.1) is 0 Å². The fourth-order valence-corrected chi connectivity index (χ4v) is 3.78. The summed E-state index contributed by atoms with van der Waals surface area (Å²) in [6.07, 6.45) is 0. The van der Waals surface area contributed by atoms with E-state index < -0.39 is 5.92 Å². The second-order valence-corrected chi connectivity index (χ2v) is 6.85. The van der Waals surface area contributed by atoms with Crippen LogP contribution < -0.4 is 0 Å². The van der Waals surface area contributed by atoms with Crippen LogP contribution in [0.5, 0.6) is 0 Å². The zero-order chi connectivity index (χ0) is 13.8. The summed E-state index contributed by atoms with van der Waals surface area (Å²) in [5, 5.41) is 10.2. The van der Waals surface area contributed by atoms with Crippen molar-refractivity contribution in [2.24, 2.45) is 0 Å². The van der Waals surface area contributed by atoms with E-state index in [2.05, 4.69) is 19.9 Å². The van der Waals surface area contributed by atoms with E-state index in [1.807, 2.05) is 47.0 Å². The van der Waals surface area contributed by atoms with Crippen molar-refractivity contribution >= 4 is 17.7 Å². The van der Waals surface area contributed by atoms with Gasteiger partial charge in [0.15, 0.2) is 0 Å². The molecule has 3 nitrogen and oxygen atoms in total. The minimum atomic E-state index is -0.677. The van der Waals surface area contributed by atoms with Crippen LogP contribution in [-0.2, 0) is 4.79 Å². The molecule has 0 bridgehead atoms. The van der Waals surface area contributed by atoms with Gasteiger partial charge in [-0.25, -0.2) is 0 Å².